The van der Waals surface area contributed by atoms with Gasteiger partial charge < -0.3 is 15.2 Å². The fourth-order valence-electron chi connectivity index (χ4n) is 1.34. The number of nitrogens with two attached hydrogens (primary N) is 1. The van der Waals surface area contributed by atoms with Crippen molar-refractivity contribution in [3.8, 4) is 0 Å². The van der Waals surface area contributed by atoms with E-state index in [4.69, 9.17) is 15.2 Å². The van der Waals surface area contributed by atoms with Crippen LogP contribution < -0.4 is 5.73 Å². The topological polar surface area (TPSA) is 44.5 Å². The zero-order valence-electron chi connectivity index (χ0n) is 9.79. The van der Waals surface area contributed by atoms with Crippen LogP contribution in [0, 0.1) is 5.92 Å². The first kappa shape index (κ1) is 14.1. The zero-order chi connectivity index (χ0) is 10.8. The van der Waals surface area contributed by atoms with Crippen molar-refractivity contribution in [2.45, 2.75) is 39.1 Å². The van der Waals surface area contributed by atoms with E-state index in [9.17, 15) is 0 Å². The van der Waals surface area contributed by atoms with E-state index in [2.05, 4.69) is 6.92 Å². The third-order valence-electron chi connectivity index (χ3n) is 2.24. The molecule has 0 aliphatic rings. The molecule has 0 spiro atoms. The molecule has 1 atom stereocenters. The first-order valence-electron chi connectivity index (χ1n) is 5.67. The second-order valence-corrected chi connectivity index (χ2v) is 5.56. The lowest BCUT2D eigenvalue weighted by atomic mass is 10.1. The maximum Gasteiger partial charge on any atom is 0.134 e. The summed E-state index contributed by atoms with van der Waals surface area (Å²) in [6.07, 6.45) is 1.22. The molecule has 0 rings (SSSR count). The molecule has 14 heavy (non-hydrogen) atoms. The summed E-state index contributed by atoms with van der Waals surface area (Å²) in [6.45, 7) is 8.53. The van der Waals surface area contributed by atoms with Crippen molar-refractivity contribution < 1.29 is 9.47 Å². The second kappa shape index (κ2) is 9.64. The standard InChI is InChI=1S/C10H25NO2Si/c1-4-12-10(13-5-2)14-7-6-9(3)8-11/h9-10H,4-8,11,14H2,1-3H3. The van der Waals surface area contributed by atoms with Crippen LogP contribution in [0.3, 0.4) is 0 Å². The zero-order valence-corrected chi connectivity index (χ0v) is 11.2. The summed E-state index contributed by atoms with van der Waals surface area (Å²) in [7, 11) is -0.249. The van der Waals surface area contributed by atoms with Crippen LogP contribution in [-0.2, 0) is 9.47 Å². The Morgan fingerprint density at radius 2 is 1.79 bits per heavy atom. The van der Waals surface area contributed by atoms with Gasteiger partial charge in [-0.25, -0.2) is 0 Å². The van der Waals surface area contributed by atoms with Gasteiger partial charge in [-0.1, -0.05) is 19.4 Å². The Morgan fingerprint density at radius 3 is 2.21 bits per heavy atom. The van der Waals surface area contributed by atoms with Gasteiger partial charge in [0.25, 0.3) is 0 Å². The molecule has 0 heterocycles. The highest BCUT2D eigenvalue weighted by Gasteiger charge is 2.09. The van der Waals surface area contributed by atoms with Crippen LogP contribution >= 0.6 is 0 Å². The van der Waals surface area contributed by atoms with E-state index in [0.717, 1.165) is 19.8 Å². The van der Waals surface area contributed by atoms with Crippen molar-refractivity contribution in [3.05, 3.63) is 0 Å². The summed E-state index contributed by atoms with van der Waals surface area (Å²) in [4.78, 5) is 0. The van der Waals surface area contributed by atoms with E-state index in [1.165, 1.54) is 12.5 Å². The van der Waals surface area contributed by atoms with Gasteiger partial charge in [0, 0.05) is 13.2 Å². The Hall–Kier alpha value is 0.0969. The van der Waals surface area contributed by atoms with Crippen LogP contribution in [0.2, 0.25) is 6.04 Å². The van der Waals surface area contributed by atoms with Gasteiger partial charge in [0.05, 0.1) is 9.52 Å². The van der Waals surface area contributed by atoms with Crippen LogP contribution in [0.5, 0.6) is 0 Å². The van der Waals surface area contributed by atoms with Gasteiger partial charge in [-0.2, -0.15) is 0 Å². The fourth-order valence-corrected chi connectivity index (χ4v) is 3.41. The van der Waals surface area contributed by atoms with Gasteiger partial charge in [0.1, 0.15) is 5.91 Å². The van der Waals surface area contributed by atoms with Crippen LogP contribution in [0.4, 0.5) is 0 Å². The van der Waals surface area contributed by atoms with Crippen molar-refractivity contribution in [2.75, 3.05) is 19.8 Å². The van der Waals surface area contributed by atoms with E-state index in [1.807, 2.05) is 13.8 Å². The maximum absolute atomic E-state index is 5.56. The molecule has 0 saturated carbocycles. The average molecular weight is 219 g/mol. The van der Waals surface area contributed by atoms with Crippen molar-refractivity contribution in [1.29, 1.82) is 0 Å². The minimum atomic E-state index is -0.249. The van der Waals surface area contributed by atoms with Crippen LogP contribution in [0.25, 0.3) is 0 Å². The number of ether oxygens (including phenoxy) is 2. The summed E-state index contributed by atoms with van der Waals surface area (Å²) >= 11 is 0. The number of hydrogen-bond acceptors (Lipinski definition) is 3. The summed E-state index contributed by atoms with van der Waals surface area (Å²) < 4.78 is 11.0. The highest BCUT2D eigenvalue weighted by Crippen LogP contribution is 2.05. The number of hydrogen-bond donors (Lipinski definition) is 1. The van der Waals surface area contributed by atoms with Crippen LogP contribution in [0.15, 0.2) is 0 Å². The molecule has 0 aliphatic heterocycles. The lowest BCUT2D eigenvalue weighted by molar-refractivity contribution is -0.0828. The molecule has 0 bridgehead atoms. The molecule has 4 heteroatoms. The minimum Gasteiger partial charge on any atom is -0.357 e. The molecule has 0 aromatic rings. The predicted molar refractivity (Wildman–Crippen MR) is 63.2 cm³/mol. The third kappa shape index (κ3) is 7.50. The van der Waals surface area contributed by atoms with Gasteiger partial charge in [-0.3, -0.25) is 0 Å². The maximum atomic E-state index is 5.56. The van der Waals surface area contributed by atoms with E-state index < -0.39 is 0 Å². The van der Waals surface area contributed by atoms with E-state index in [0.29, 0.717) is 5.92 Å². The Labute approximate surface area is 90.2 Å². The van der Waals surface area contributed by atoms with Crippen molar-refractivity contribution in [2.24, 2.45) is 11.7 Å². The van der Waals surface area contributed by atoms with Gasteiger partial charge in [-0.05, 0) is 26.3 Å². The molecule has 1 unspecified atom stereocenters. The SMILES string of the molecule is CCOC(OCC)[SiH2]CCC(C)CN. The molecular formula is C10H25NO2Si. The average Bonchev–Trinajstić information content (AvgIpc) is 2.18. The van der Waals surface area contributed by atoms with Crippen molar-refractivity contribution in [3.63, 3.8) is 0 Å². The molecule has 0 amide bonds. The lowest BCUT2D eigenvalue weighted by Gasteiger charge is -2.17. The largest absolute Gasteiger partial charge is 0.357 e. The Morgan fingerprint density at radius 1 is 1.21 bits per heavy atom. The van der Waals surface area contributed by atoms with Crippen LogP contribution in [0.1, 0.15) is 27.2 Å². The lowest BCUT2D eigenvalue weighted by Crippen LogP contribution is -2.25. The third-order valence-corrected chi connectivity index (χ3v) is 4.00. The van der Waals surface area contributed by atoms with Crippen LogP contribution in [-0.4, -0.2) is 35.2 Å². The number of rotatable bonds is 9. The van der Waals surface area contributed by atoms with Gasteiger partial charge >= 0.3 is 0 Å². The van der Waals surface area contributed by atoms with E-state index in [1.54, 1.807) is 0 Å². The summed E-state index contributed by atoms with van der Waals surface area (Å²) in [5, 5.41) is 0. The smallest absolute Gasteiger partial charge is 0.134 e. The molecule has 0 saturated heterocycles. The Kier molecular flexibility index (Phi) is 9.71. The molecule has 0 fully saturated rings. The molecule has 2 N–H and O–H groups in total. The molecular weight excluding hydrogens is 194 g/mol. The molecule has 0 aromatic carbocycles. The molecule has 86 valence electrons. The van der Waals surface area contributed by atoms with Crippen molar-refractivity contribution in [1.82, 2.24) is 0 Å². The molecule has 0 aromatic heterocycles. The first-order valence-corrected chi connectivity index (χ1v) is 7.49. The molecule has 0 radical (unpaired) electrons. The van der Waals surface area contributed by atoms with Crippen molar-refractivity contribution >= 4 is 9.52 Å². The molecule has 0 aliphatic carbocycles. The predicted octanol–water partition coefficient (Wildman–Crippen LogP) is 0.915. The quantitative estimate of drug-likeness (QED) is 0.463. The summed E-state index contributed by atoms with van der Waals surface area (Å²) in [5.41, 5.74) is 5.56. The second-order valence-electron chi connectivity index (χ2n) is 3.61. The van der Waals surface area contributed by atoms with Gasteiger partial charge in [0.2, 0.25) is 0 Å². The van der Waals surface area contributed by atoms with Gasteiger partial charge in [0.15, 0.2) is 0 Å². The van der Waals surface area contributed by atoms with E-state index in [-0.39, 0.29) is 15.4 Å². The highest BCUT2D eigenvalue weighted by atomic mass is 28.2. The fraction of sp³-hybridized carbons (Fsp3) is 1.00. The Balaban J connectivity index is 3.49. The van der Waals surface area contributed by atoms with E-state index >= 15 is 0 Å². The van der Waals surface area contributed by atoms with Gasteiger partial charge in [-0.15, -0.1) is 0 Å². The molecule has 3 nitrogen and oxygen atoms in total. The first-order chi connectivity index (χ1) is 6.74. The normalized spacial score (nSPS) is 14.4. The minimum absolute atomic E-state index is 0.120. The monoisotopic (exact) mass is 219 g/mol. The highest BCUT2D eigenvalue weighted by molar-refractivity contribution is 6.36. The summed E-state index contributed by atoms with van der Waals surface area (Å²) in [5.74, 6) is 0.765. The summed E-state index contributed by atoms with van der Waals surface area (Å²) in [6, 6.07) is 1.27. The Bertz CT molecular complexity index is 119.